The van der Waals surface area contributed by atoms with Crippen LogP contribution in [0.1, 0.15) is 12.5 Å². The Hall–Kier alpha value is -2.63. The van der Waals surface area contributed by atoms with E-state index in [1.54, 1.807) is 24.3 Å². The smallest absolute Gasteiger partial charge is 0.305 e. The molecule has 6 heteroatoms. The van der Waals surface area contributed by atoms with Gasteiger partial charge in [-0.2, -0.15) is 4.39 Å². The lowest BCUT2D eigenvalue weighted by atomic mass is 10.2. The van der Waals surface area contributed by atoms with E-state index in [1.807, 2.05) is 6.92 Å². The minimum Gasteiger partial charge on any atom is -0.494 e. The molecule has 0 bridgehead atoms. The van der Waals surface area contributed by atoms with Crippen molar-refractivity contribution in [3.63, 3.8) is 0 Å². The first kappa shape index (κ1) is 14.8. The lowest BCUT2D eigenvalue weighted by Gasteiger charge is -2.09. The Kier molecular flexibility index (Phi) is 4.71. The molecular formula is C15H15FN2O3. The summed E-state index contributed by atoms with van der Waals surface area (Å²) in [4.78, 5) is 9.95. The van der Waals surface area contributed by atoms with Gasteiger partial charge in [0.2, 0.25) is 5.82 Å². The number of benzene rings is 2. The lowest BCUT2D eigenvalue weighted by molar-refractivity contribution is -0.387. The van der Waals surface area contributed by atoms with Crippen LogP contribution >= 0.6 is 0 Å². The monoisotopic (exact) mass is 290 g/mol. The zero-order valence-corrected chi connectivity index (χ0v) is 11.5. The van der Waals surface area contributed by atoms with Crippen LogP contribution in [0, 0.1) is 15.9 Å². The van der Waals surface area contributed by atoms with Crippen molar-refractivity contribution in [1.29, 1.82) is 0 Å². The van der Waals surface area contributed by atoms with Gasteiger partial charge in [-0.3, -0.25) is 10.1 Å². The van der Waals surface area contributed by atoms with E-state index >= 15 is 0 Å². The SMILES string of the molecule is CCOc1ccc(NCc2cccc([N+](=O)[O-])c2F)cc1. The molecule has 0 fully saturated rings. The summed E-state index contributed by atoms with van der Waals surface area (Å²) in [5.74, 6) is -0.0504. The maximum absolute atomic E-state index is 13.9. The van der Waals surface area contributed by atoms with Crippen molar-refractivity contribution in [2.45, 2.75) is 13.5 Å². The highest BCUT2D eigenvalue weighted by molar-refractivity contribution is 5.47. The first-order chi connectivity index (χ1) is 10.1. The van der Waals surface area contributed by atoms with Crippen molar-refractivity contribution in [3.8, 4) is 5.75 Å². The standard InChI is InChI=1S/C15H15FN2O3/c1-2-21-13-8-6-12(7-9-13)17-10-11-4-3-5-14(15(11)16)18(19)20/h3-9,17H,2,10H2,1H3. The Labute approximate surface area is 121 Å². The van der Waals surface area contributed by atoms with E-state index in [2.05, 4.69) is 5.32 Å². The average Bonchev–Trinajstić information content (AvgIpc) is 2.48. The van der Waals surface area contributed by atoms with Crippen LogP contribution in [-0.2, 0) is 6.54 Å². The van der Waals surface area contributed by atoms with E-state index in [0.29, 0.717) is 6.61 Å². The number of ether oxygens (including phenoxy) is 1. The summed E-state index contributed by atoms with van der Waals surface area (Å²) < 4.78 is 19.2. The second-order valence-electron chi connectivity index (χ2n) is 4.32. The van der Waals surface area contributed by atoms with Crippen LogP contribution in [0.15, 0.2) is 42.5 Å². The van der Waals surface area contributed by atoms with Crippen molar-refractivity contribution in [3.05, 3.63) is 64.0 Å². The minimum absolute atomic E-state index is 0.168. The van der Waals surface area contributed by atoms with Crippen molar-refractivity contribution < 1.29 is 14.1 Å². The Morgan fingerprint density at radius 2 is 1.95 bits per heavy atom. The predicted octanol–water partition coefficient (Wildman–Crippen LogP) is 3.74. The molecule has 2 rings (SSSR count). The van der Waals surface area contributed by atoms with Gasteiger partial charge in [0.15, 0.2) is 0 Å². The Morgan fingerprint density at radius 3 is 2.57 bits per heavy atom. The Bertz CT molecular complexity index is 629. The van der Waals surface area contributed by atoms with Crippen molar-refractivity contribution in [1.82, 2.24) is 0 Å². The molecule has 5 nitrogen and oxygen atoms in total. The molecule has 110 valence electrons. The van der Waals surface area contributed by atoms with Crippen LogP contribution in [0.3, 0.4) is 0 Å². The molecule has 0 unspecified atom stereocenters. The minimum atomic E-state index is -0.805. The fraction of sp³-hybridized carbons (Fsp3) is 0.200. The third-order valence-electron chi connectivity index (χ3n) is 2.90. The van der Waals surface area contributed by atoms with Gasteiger partial charge in [-0.05, 0) is 31.2 Å². The number of anilines is 1. The van der Waals surface area contributed by atoms with E-state index in [1.165, 1.54) is 12.1 Å². The lowest BCUT2D eigenvalue weighted by Crippen LogP contribution is -2.04. The summed E-state index contributed by atoms with van der Waals surface area (Å²) in [6, 6.07) is 11.3. The molecule has 0 saturated heterocycles. The molecule has 0 aliphatic rings. The highest BCUT2D eigenvalue weighted by atomic mass is 19.1. The highest BCUT2D eigenvalue weighted by Crippen LogP contribution is 2.22. The molecule has 1 N–H and O–H groups in total. The second-order valence-corrected chi connectivity index (χ2v) is 4.32. The van der Waals surface area contributed by atoms with Crippen LogP contribution in [0.5, 0.6) is 5.75 Å². The number of rotatable bonds is 6. The van der Waals surface area contributed by atoms with Gasteiger partial charge in [0.05, 0.1) is 11.5 Å². The maximum Gasteiger partial charge on any atom is 0.305 e. The van der Waals surface area contributed by atoms with Gasteiger partial charge in [-0.1, -0.05) is 12.1 Å². The number of hydrogen-bond donors (Lipinski definition) is 1. The normalized spacial score (nSPS) is 10.2. The summed E-state index contributed by atoms with van der Waals surface area (Å²) in [6.45, 7) is 2.66. The van der Waals surface area contributed by atoms with Crippen molar-refractivity contribution in [2.24, 2.45) is 0 Å². The van der Waals surface area contributed by atoms with Gasteiger partial charge in [0.25, 0.3) is 0 Å². The molecule has 0 saturated carbocycles. The topological polar surface area (TPSA) is 64.4 Å². The molecule has 2 aromatic rings. The Morgan fingerprint density at radius 1 is 1.24 bits per heavy atom. The molecule has 2 aromatic carbocycles. The molecule has 0 aliphatic heterocycles. The van der Waals surface area contributed by atoms with E-state index in [-0.39, 0.29) is 12.1 Å². The Balaban J connectivity index is 2.06. The fourth-order valence-corrected chi connectivity index (χ4v) is 1.88. The summed E-state index contributed by atoms with van der Waals surface area (Å²) in [5.41, 5.74) is 0.517. The van der Waals surface area contributed by atoms with Crippen LogP contribution in [0.2, 0.25) is 0 Å². The van der Waals surface area contributed by atoms with Gasteiger partial charge in [0.1, 0.15) is 5.75 Å². The van der Waals surface area contributed by atoms with Crippen molar-refractivity contribution >= 4 is 11.4 Å². The third-order valence-corrected chi connectivity index (χ3v) is 2.90. The van der Waals surface area contributed by atoms with Crippen molar-refractivity contribution in [2.75, 3.05) is 11.9 Å². The number of nitrogens with one attached hydrogen (secondary N) is 1. The first-order valence-electron chi connectivity index (χ1n) is 6.50. The number of nitro benzene ring substituents is 1. The molecule has 0 amide bonds. The molecular weight excluding hydrogens is 275 g/mol. The van der Waals surface area contributed by atoms with Crippen LogP contribution in [-0.4, -0.2) is 11.5 Å². The molecule has 0 aliphatic carbocycles. The van der Waals surface area contributed by atoms with Gasteiger partial charge in [0, 0.05) is 23.9 Å². The largest absolute Gasteiger partial charge is 0.494 e. The average molecular weight is 290 g/mol. The van der Waals surface area contributed by atoms with Crippen LogP contribution in [0.25, 0.3) is 0 Å². The number of nitrogens with zero attached hydrogens (tertiary/aromatic N) is 1. The van der Waals surface area contributed by atoms with Crippen LogP contribution in [0.4, 0.5) is 15.8 Å². The zero-order valence-electron chi connectivity index (χ0n) is 11.5. The third kappa shape index (κ3) is 3.68. The van der Waals surface area contributed by atoms with Crippen LogP contribution < -0.4 is 10.1 Å². The second kappa shape index (κ2) is 6.69. The fourth-order valence-electron chi connectivity index (χ4n) is 1.88. The summed E-state index contributed by atoms with van der Waals surface area (Å²) >= 11 is 0. The van der Waals surface area contributed by atoms with E-state index in [4.69, 9.17) is 4.74 Å². The highest BCUT2D eigenvalue weighted by Gasteiger charge is 2.16. The molecule has 21 heavy (non-hydrogen) atoms. The maximum atomic E-state index is 13.9. The van der Waals surface area contributed by atoms with Gasteiger partial charge in [-0.25, -0.2) is 0 Å². The summed E-state index contributed by atoms with van der Waals surface area (Å²) in [5, 5.41) is 13.7. The number of hydrogen-bond acceptors (Lipinski definition) is 4. The first-order valence-corrected chi connectivity index (χ1v) is 6.50. The molecule has 0 radical (unpaired) electrons. The molecule has 0 aromatic heterocycles. The molecule has 0 heterocycles. The van der Waals surface area contributed by atoms with Gasteiger partial charge < -0.3 is 10.1 Å². The number of nitro groups is 1. The van der Waals surface area contributed by atoms with E-state index < -0.39 is 16.4 Å². The number of halogens is 1. The predicted molar refractivity (Wildman–Crippen MR) is 78.0 cm³/mol. The molecule has 0 atom stereocenters. The summed E-state index contributed by atoms with van der Waals surface area (Å²) in [7, 11) is 0. The molecule has 0 spiro atoms. The zero-order chi connectivity index (χ0) is 15.2. The quantitative estimate of drug-likeness (QED) is 0.650. The van der Waals surface area contributed by atoms with Gasteiger partial charge >= 0.3 is 5.69 Å². The summed E-state index contributed by atoms with van der Waals surface area (Å²) in [6.07, 6.45) is 0. The van der Waals surface area contributed by atoms with E-state index in [0.717, 1.165) is 17.5 Å². The van der Waals surface area contributed by atoms with Gasteiger partial charge in [-0.15, -0.1) is 0 Å². The van der Waals surface area contributed by atoms with E-state index in [9.17, 15) is 14.5 Å².